The summed E-state index contributed by atoms with van der Waals surface area (Å²) in [6.45, 7) is 19.0. The largest absolute Gasteiger partial charge is 0.363 e. The van der Waals surface area contributed by atoms with Crippen LogP contribution in [0.25, 0.3) is 0 Å². The highest BCUT2D eigenvalue weighted by Gasteiger charge is 2.87. The van der Waals surface area contributed by atoms with Crippen molar-refractivity contribution in [3.63, 3.8) is 0 Å². The van der Waals surface area contributed by atoms with Crippen LogP contribution >= 0.6 is 0 Å². The third kappa shape index (κ3) is 5.58. The van der Waals surface area contributed by atoms with Crippen molar-refractivity contribution in [3.05, 3.63) is 0 Å². The number of nitrogens with zero attached hydrogens (tertiary/aromatic N) is 1. The fourth-order valence-electron chi connectivity index (χ4n) is 9.61. The summed E-state index contributed by atoms with van der Waals surface area (Å²) in [6.07, 6.45) is 7.83. The second-order valence-corrected chi connectivity index (χ2v) is 17.2. The normalized spacial score (nSPS) is 29.0. The number of likely N-dealkylation sites (tertiary alicyclic amines) is 1. The van der Waals surface area contributed by atoms with Crippen LogP contribution in [-0.2, 0) is 24.0 Å². The first-order chi connectivity index (χ1) is 19.7. The predicted octanol–water partition coefficient (Wildman–Crippen LogP) is 5.21. The molecule has 242 valence electrons. The molecule has 3 amide bonds. The van der Waals surface area contributed by atoms with Crippen LogP contribution in [0.5, 0.6) is 0 Å². The molecule has 8 heteroatoms. The molecule has 8 nitrogen and oxygen atoms in total. The van der Waals surface area contributed by atoms with Crippen LogP contribution in [-0.4, -0.2) is 52.8 Å². The molecule has 0 bridgehead atoms. The van der Waals surface area contributed by atoms with E-state index >= 15 is 0 Å². The van der Waals surface area contributed by atoms with Crippen LogP contribution in [0.15, 0.2) is 0 Å². The van der Waals surface area contributed by atoms with Gasteiger partial charge in [-0.2, -0.15) is 0 Å². The second-order valence-electron chi connectivity index (χ2n) is 17.2. The summed E-state index contributed by atoms with van der Waals surface area (Å²) < 4.78 is 0. The van der Waals surface area contributed by atoms with Crippen molar-refractivity contribution in [2.45, 2.75) is 139 Å². The van der Waals surface area contributed by atoms with Gasteiger partial charge in [-0.05, 0) is 52.8 Å². The van der Waals surface area contributed by atoms with E-state index in [9.17, 15) is 24.0 Å². The molecule has 0 radical (unpaired) electrons. The zero-order chi connectivity index (χ0) is 32.3. The van der Waals surface area contributed by atoms with Crippen LogP contribution in [0.2, 0.25) is 0 Å². The third-order valence-electron chi connectivity index (χ3n) is 12.1. The molecule has 0 aromatic heterocycles. The Bertz CT molecular complexity index is 1150. The van der Waals surface area contributed by atoms with Crippen molar-refractivity contribution in [2.75, 3.05) is 6.54 Å². The lowest BCUT2D eigenvalue weighted by Crippen LogP contribution is -2.57. The molecule has 0 aromatic carbocycles. The maximum atomic E-state index is 14.7. The number of ketones is 2. The number of rotatable bonds is 11. The summed E-state index contributed by atoms with van der Waals surface area (Å²) in [7, 11) is 0. The van der Waals surface area contributed by atoms with Gasteiger partial charge in [0.25, 0.3) is 5.91 Å². The molecular formula is C35H57N3O5. The van der Waals surface area contributed by atoms with Gasteiger partial charge in [-0.25, -0.2) is 0 Å². The summed E-state index contributed by atoms with van der Waals surface area (Å²) in [5.41, 5.74) is 4.49. The standard InChI is InChI=1S/C35H57N3O5/c1-10-23-26(24(39)18-22(27(41)29(36)42)17-21-13-11-14-21)38(20-35(23)33(8,9)34(35)15-12-16-34)30(43)28(32(5,6)7)37-25(40)19-31(2,3)4/h21-23,26,28H,10-20H2,1-9H3,(H2,36,42)(H,37,40)/t22?,23-,26+,28-,35+/m1/s1. The molecule has 43 heavy (non-hydrogen) atoms. The monoisotopic (exact) mass is 599 g/mol. The molecule has 4 aliphatic rings. The fourth-order valence-corrected chi connectivity index (χ4v) is 9.61. The second kappa shape index (κ2) is 11.3. The number of fused-ring (bicyclic) bond motifs is 1. The van der Waals surface area contributed by atoms with Crippen LogP contribution in [0.4, 0.5) is 0 Å². The molecule has 4 fully saturated rings. The van der Waals surface area contributed by atoms with Gasteiger partial charge < -0.3 is 16.0 Å². The minimum absolute atomic E-state index is 0.0342. The van der Waals surface area contributed by atoms with E-state index in [1.165, 1.54) is 0 Å². The smallest absolute Gasteiger partial charge is 0.285 e. The molecular weight excluding hydrogens is 542 g/mol. The lowest BCUT2D eigenvalue weighted by atomic mass is 9.69. The number of amides is 3. The number of Topliss-reactive ketones (excluding diaryl/α,β-unsaturated/α-hetero) is 2. The molecule has 0 aromatic rings. The van der Waals surface area contributed by atoms with E-state index in [0.29, 0.717) is 18.9 Å². The molecule has 3 aliphatic carbocycles. The number of hydrogen-bond donors (Lipinski definition) is 2. The van der Waals surface area contributed by atoms with E-state index in [-0.39, 0.29) is 58.0 Å². The molecule has 4 rings (SSSR count). The Labute approximate surface area is 259 Å². The molecule has 3 saturated carbocycles. The molecule has 1 aliphatic heterocycles. The minimum Gasteiger partial charge on any atom is -0.363 e. The van der Waals surface area contributed by atoms with Gasteiger partial charge in [-0.1, -0.05) is 94.4 Å². The number of carbonyl (C=O) groups is 5. The van der Waals surface area contributed by atoms with E-state index in [2.05, 4.69) is 26.1 Å². The number of nitrogens with two attached hydrogens (primary N) is 1. The van der Waals surface area contributed by atoms with Gasteiger partial charge in [0.05, 0.1) is 6.04 Å². The Kier molecular flexibility index (Phi) is 8.82. The lowest BCUT2D eigenvalue weighted by Gasteiger charge is -2.37. The quantitative estimate of drug-likeness (QED) is 0.316. The van der Waals surface area contributed by atoms with Crippen LogP contribution in [0.1, 0.15) is 127 Å². The van der Waals surface area contributed by atoms with E-state index < -0.39 is 35.1 Å². The van der Waals surface area contributed by atoms with Crippen LogP contribution < -0.4 is 11.1 Å². The van der Waals surface area contributed by atoms with Crippen molar-refractivity contribution >= 4 is 29.3 Å². The average Bonchev–Trinajstić information content (AvgIpc) is 3.07. The molecule has 3 N–H and O–H groups in total. The maximum Gasteiger partial charge on any atom is 0.285 e. The summed E-state index contributed by atoms with van der Waals surface area (Å²) >= 11 is 0. The molecule has 1 unspecified atom stereocenters. The SMILES string of the molecule is CC[C@@H]1[C@@H](C(=O)CC(CC2CCC2)C(=O)C(N)=O)N(C(=O)[C@@H](NC(=O)CC(C)(C)C)C(C)(C)C)C[C@@]12C(C)(C)C21CCC1. The zero-order valence-corrected chi connectivity index (χ0v) is 28.2. The van der Waals surface area contributed by atoms with Gasteiger partial charge >= 0.3 is 0 Å². The summed E-state index contributed by atoms with van der Waals surface area (Å²) in [6, 6.07) is -1.51. The molecule has 2 spiro atoms. The zero-order valence-electron chi connectivity index (χ0n) is 28.2. The molecule has 1 saturated heterocycles. The first-order valence-corrected chi connectivity index (χ1v) is 16.7. The maximum absolute atomic E-state index is 14.7. The number of carbonyl (C=O) groups excluding carboxylic acids is 5. The van der Waals surface area contributed by atoms with Crippen molar-refractivity contribution in [2.24, 2.45) is 50.6 Å². The third-order valence-corrected chi connectivity index (χ3v) is 12.1. The average molecular weight is 600 g/mol. The summed E-state index contributed by atoms with van der Waals surface area (Å²) in [5.74, 6) is -2.72. The highest BCUT2D eigenvalue weighted by molar-refractivity contribution is 6.36. The molecule has 5 atom stereocenters. The van der Waals surface area contributed by atoms with E-state index in [4.69, 9.17) is 5.73 Å². The predicted molar refractivity (Wildman–Crippen MR) is 167 cm³/mol. The van der Waals surface area contributed by atoms with E-state index in [0.717, 1.165) is 44.9 Å². The van der Waals surface area contributed by atoms with Crippen molar-refractivity contribution in [1.82, 2.24) is 10.2 Å². The number of primary amides is 1. The van der Waals surface area contributed by atoms with Gasteiger partial charge in [0.15, 0.2) is 5.78 Å². The van der Waals surface area contributed by atoms with Gasteiger partial charge in [0.2, 0.25) is 17.6 Å². The number of nitrogens with one attached hydrogen (secondary N) is 1. The van der Waals surface area contributed by atoms with Gasteiger partial charge in [-0.15, -0.1) is 0 Å². The van der Waals surface area contributed by atoms with Gasteiger partial charge in [0, 0.05) is 30.7 Å². The van der Waals surface area contributed by atoms with E-state index in [1.807, 2.05) is 41.5 Å². The lowest BCUT2D eigenvalue weighted by molar-refractivity contribution is -0.145. The Morgan fingerprint density at radius 2 is 1.58 bits per heavy atom. The minimum atomic E-state index is -0.994. The van der Waals surface area contributed by atoms with Crippen molar-refractivity contribution in [1.29, 1.82) is 0 Å². The van der Waals surface area contributed by atoms with Crippen molar-refractivity contribution in [3.8, 4) is 0 Å². The Hall–Kier alpha value is -2.25. The van der Waals surface area contributed by atoms with E-state index in [1.54, 1.807) is 4.90 Å². The Balaban J connectivity index is 1.71. The Morgan fingerprint density at radius 3 is 1.98 bits per heavy atom. The highest BCUT2D eigenvalue weighted by atomic mass is 16.2. The summed E-state index contributed by atoms with van der Waals surface area (Å²) in [5, 5.41) is 3.06. The first kappa shape index (κ1) is 33.6. The highest BCUT2D eigenvalue weighted by Crippen LogP contribution is 2.89. The van der Waals surface area contributed by atoms with Crippen LogP contribution in [0, 0.1) is 44.8 Å². The summed E-state index contributed by atoms with van der Waals surface area (Å²) in [4.78, 5) is 69.1. The Morgan fingerprint density at radius 1 is 0.977 bits per heavy atom. The number of hydrogen-bond acceptors (Lipinski definition) is 5. The first-order valence-electron chi connectivity index (χ1n) is 16.7. The van der Waals surface area contributed by atoms with Gasteiger partial charge in [-0.3, -0.25) is 24.0 Å². The van der Waals surface area contributed by atoms with Crippen molar-refractivity contribution < 1.29 is 24.0 Å². The topological polar surface area (TPSA) is 127 Å². The fraction of sp³-hybridized carbons (Fsp3) is 0.857. The molecule has 1 heterocycles. The van der Waals surface area contributed by atoms with Crippen LogP contribution in [0.3, 0.4) is 0 Å². The van der Waals surface area contributed by atoms with Gasteiger partial charge in [0.1, 0.15) is 6.04 Å².